The second-order valence-corrected chi connectivity index (χ2v) is 13.8. The van der Waals surface area contributed by atoms with Gasteiger partial charge < -0.3 is 4.57 Å². The first kappa shape index (κ1) is 28.3. The zero-order valence-corrected chi connectivity index (χ0v) is 25.8. The Bertz CT molecular complexity index is 2240. The molecule has 1 aromatic heterocycles. The van der Waals surface area contributed by atoms with Crippen molar-refractivity contribution in [2.24, 2.45) is 0 Å². The number of aromatic nitrogens is 1. The van der Waals surface area contributed by atoms with E-state index < -0.39 is 7.14 Å². The number of pyridine rings is 1. The highest BCUT2D eigenvalue weighted by molar-refractivity contribution is 7.85. The lowest BCUT2D eigenvalue weighted by molar-refractivity contribution is 0.592. The van der Waals surface area contributed by atoms with Crippen LogP contribution in [0.4, 0.5) is 0 Å². The van der Waals surface area contributed by atoms with Crippen molar-refractivity contribution >= 4 is 66.6 Å². The van der Waals surface area contributed by atoms with E-state index in [9.17, 15) is 4.57 Å². The van der Waals surface area contributed by atoms with E-state index in [2.05, 4.69) is 91.3 Å². The smallest absolute Gasteiger partial charge is 0.188 e. The van der Waals surface area contributed by atoms with Crippen LogP contribution in [0.15, 0.2) is 158 Å². The topological polar surface area (TPSA) is 30.0 Å². The molecule has 45 heavy (non-hydrogen) atoms. The van der Waals surface area contributed by atoms with Gasteiger partial charge in [-0.3, -0.25) is 4.98 Å². The Balaban J connectivity index is 1.30. The fourth-order valence-corrected chi connectivity index (χ4v) is 8.62. The van der Waals surface area contributed by atoms with Crippen molar-refractivity contribution in [3.63, 3.8) is 0 Å². The molecule has 7 aromatic rings. The minimum absolute atomic E-state index is 0.570. The number of benzene rings is 5. The second kappa shape index (κ2) is 11.9. The molecule has 214 valence electrons. The minimum Gasteiger partial charge on any atom is -0.307 e. The first-order valence-corrected chi connectivity index (χ1v) is 16.6. The van der Waals surface area contributed by atoms with Gasteiger partial charge in [0.15, 0.2) is 7.14 Å². The Kier molecular flexibility index (Phi) is 7.48. The molecule has 6 aromatic carbocycles. The summed E-state index contributed by atoms with van der Waals surface area (Å²) in [5, 5.41) is 8.55. The molecule has 0 aliphatic rings. The number of hydrogen-bond acceptors (Lipinski definition) is 2. The molecule has 2 nitrogen and oxygen atoms in total. The average Bonchev–Trinajstić information content (AvgIpc) is 3.12. The van der Waals surface area contributed by atoms with Crippen molar-refractivity contribution in [1.82, 2.24) is 4.98 Å². The van der Waals surface area contributed by atoms with E-state index in [1.165, 1.54) is 21.5 Å². The van der Waals surface area contributed by atoms with Gasteiger partial charge in [-0.25, -0.2) is 0 Å². The van der Waals surface area contributed by atoms with Gasteiger partial charge in [0.1, 0.15) is 5.44 Å². The van der Waals surface area contributed by atoms with Crippen LogP contribution < -0.4 is 16.0 Å². The van der Waals surface area contributed by atoms with E-state index in [1.807, 2.05) is 84.9 Å². The molecule has 3 heteroatoms. The predicted octanol–water partition coefficient (Wildman–Crippen LogP) is 9.45. The van der Waals surface area contributed by atoms with E-state index >= 15 is 0 Å². The van der Waals surface area contributed by atoms with Crippen LogP contribution >= 0.6 is 7.14 Å². The standard InChI is InChI=1S/C42H30NOP/c1-3-31(33-24-25-40-38-20-11-10-18-36(38)37-19-12-13-21-39(37)41(40)28-33)23-22-30(2)32-26-27-43-42(29-32)45(44,34-14-6-4-7-15-34)35-16-8-5-9-17-35/h3-10,12-19,21-29H,1H2,2H3/b30-22+,31-23+. The molecule has 0 saturated carbocycles. The summed E-state index contributed by atoms with van der Waals surface area (Å²) in [5.41, 5.74) is 4.67. The lowest BCUT2D eigenvalue weighted by Crippen LogP contribution is -2.27. The van der Waals surface area contributed by atoms with Crippen LogP contribution in [0.3, 0.4) is 0 Å². The summed E-state index contributed by atoms with van der Waals surface area (Å²) in [6, 6.07) is 48.9. The van der Waals surface area contributed by atoms with Gasteiger partial charge in [0, 0.05) is 22.2 Å². The zero-order valence-electron chi connectivity index (χ0n) is 24.9. The zero-order chi connectivity index (χ0) is 30.8. The lowest BCUT2D eigenvalue weighted by atomic mass is 9.92. The van der Waals surface area contributed by atoms with Gasteiger partial charge in [-0.2, -0.15) is 0 Å². The third-order valence-electron chi connectivity index (χ3n) is 8.43. The Morgan fingerprint density at radius 2 is 1.33 bits per heavy atom. The van der Waals surface area contributed by atoms with Gasteiger partial charge in [0.25, 0.3) is 0 Å². The molecule has 0 unspecified atom stereocenters. The maximum absolute atomic E-state index is 14.9. The molecule has 0 amide bonds. The molecule has 0 aliphatic heterocycles. The van der Waals surface area contributed by atoms with Crippen molar-refractivity contribution in [3.8, 4) is 0 Å². The highest BCUT2D eigenvalue weighted by Crippen LogP contribution is 2.42. The Morgan fingerprint density at radius 1 is 0.689 bits per heavy atom. The third kappa shape index (κ3) is 5.08. The fraction of sp³-hybridized carbons (Fsp3) is 0.0238. The van der Waals surface area contributed by atoms with Crippen molar-refractivity contribution in [1.29, 1.82) is 0 Å². The molecule has 0 spiro atoms. The highest BCUT2D eigenvalue weighted by Gasteiger charge is 2.31. The van der Waals surface area contributed by atoms with E-state index in [0.717, 1.165) is 43.7 Å². The summed E-state index contributed by atoms with van der Waals surface area (Å²) in [6.45, 7) is 6.21. The van der Waals surface area contributed by atoms with E-state index in [1.54, 1.807) is 6.20 Å². The molecular weight excluding hydrogens is 565 g/mol. The van der Waals surface area contributed by atoms with Crippen molar-refractivity contribution in [2.75, 3.05) is 0 Å². The van der Waals surface area contributed by atoms with Gasteiger partial charge in [-0.05, 0) is 86.5 Å². The minimum atomic E-state index is -3.17. The number of rotatable bonds is 7. The van der Waals surface area contributed by atoms with E-state index in [0.29, 0.717) is 5.44 Å². The normalized spacial score (nSPS) is 12.4. The number of nitrogens with zero attached hydrogens (tertiary/aromatic N) is 1. The lowest BCUT2D eigenvalue weighted by Gasteiger charge is -2.19. The van der Waals surface area contributed by atoms with Crippen LogP contribution in [0.5, 0.6) is 0 Å². The summed E-state index contributed by atoms with van der Waals surface area (Å²) >= 11 is 0. The first-order chi connectivity index (χ1) is 22.1. The van der Waals surface area contributed by atoms with Gasteiger partial charge in [0.2, 0.25) is 0 Å². The summed E-state index contributed by atoms with van der Waals surface area (Å²) < 4.78 is 14.9. The second-order valence-electron chi connectivity index (χ2n) is 11.1. The number of allylic oxidation sites excluding steroid dienone is 5. The summed E-state index contributed by atoms with van der Waals surface area (Å²) in [4.78, 5) is 4.65. The van der Waals surface area contributed by atoms with Crippen LogP contribution in [0, 0.1) is 12.1 Å². The van der Waals surface area contributed by atoms with Crippen molar-refractivity contribution in [2.45, 2.75) is 6.92 Å². The van der Waals surface area contributed by atoms with Gasteiger partial charge in [-0.15, -0.1) is 0 Å². The molecule has 1 heterocycles. The molecular formula is C42H30NOP. The van der Waals surface area contributed by atoms with Crippen LogP contribution in [0.1, 0.15) is 18.1 Å². The molecule has 0 radical (unpaired) electrons. The monoisotopic (exact) mass is 595 g/mol. The SMILES string of the molecule is C=C/C(=C\C=C(/C)c1ccnc(P(=O)(c2ccccc2)c2ccccc2)c1)c1ccc2c3c#cccc3c3ccccc3c2c1. The van der Waals surface area contributed by atoms with Crippen molar-refractivity contribution < 1.29 is 4.57 Å². The number of fused-ring (bicyclic) bond motifs is 6. The van der Waals surface area contributed by atoms with E-state index in [4.69, 9.17) is 0 Å². The Labute approximate surface area is 264 Å². The maximum atomic E-state index is 14.9. The highest BCUT2D eigenvalue weighted by atomic mass is 31.2. The van der Waals surface area contributed by atoms with Gasteiger partial charge >= 0.3 is 0 Å². The van der Waals surface area contributed by atoms with Gasteiger partial charge in [0.05, 0.1) is 0 Å². The van der Waals surface area contributed by atoms with Gasteiger partial charge in [-0.1, -0.05) is 134 Å². The molecule has 7 rings (SSSR count). The fourth-order valence-electron chi connectivity index (χ4n) is 6.06. The largest absolute Gasteiger partial charge is 0.307 e. The van der Waals surface area contributed by atoms with Crippen LogP contribution in [-0.2, 0) is 4.57 Å². The first-order valence-electron chi connectivity index (χ1n) is 14.9. The van der Waals surface area contributed by atoms with Crippen LogP contribution in [0.25, 0.3) is 43.5 Å². The molecule has 0 fully saturated rings. The average molecular weight is 596 g/mol. The third-order valence-corrected chi connectivity index (χ3v) is 11.4. The van der Waals surface area contributed by atoms with Crippen LogP contribution in [0.2, 0.25) is 0 Å². The Hall–Kier alpha value is -5.48. The van der Waals surface area contributed by atoms with E-state index in [-0.39, 0.29) is 0 Å². The molecule has 0 N–H and O–H groups in total. The number of hydrogen-bond donors (Lipinski definition) is 0. The molecule has 0 bridgehead atoms. The quantitative estimate of drug-likeness (QED) is 0.104. The Morgan fingerprint density at radius 3 is 2.02 bits per heavy atom. The summed E-state index contributed by atoms with van der Waals surface area (Å²) in [7, 11) is -3.17. The molecule has 0 aliphatic carbocycles. The summed E-state index contributed by atoms with van der Waals surface area (Å²) in [5.74, 6) is 0. The molecule has 0 saturated heterocycles. The predicted molar refractivity (Wildman–Crippen MR) is 192 cm³/mol. The summed E-state index contributed by atoms with van der Waals surface area (Å²) in [6.07, 6.45) is 7.84. The maximum Gasteiger partial charge on any atom is 0.188 e. The van der Waals surface area contributed by atoms with Crippen LogP contribution in [-0.4, -0.2) is 4.98 Å². The molecule has 0 atom stereocenters. The van der Waals surface area contributed by atoms with Crippen molar-refractivity contribution in [3.05, 3.63) is 182 Å².